The molecule has 2 aromatic carbocycles. The second-order valence-electron chi connectivity index (χ2n) is 7.04. The number of carbonyl (C=O) groups is 3. The summed E-state index contributed by atoms with van der Waals surface area (Å²) in [4.78, 5) is 52.8. The van der Waals surface area contributed by atoms with Gasteiger partial charge in [0, 0.05) is 17.5 Å². The van der Waals surface area contributed by atoms with Gasteiger partial charge in [-0.3, -0.25) is 9.59 Å². The van der Waals surface area contributed by atoms with Gasteiger partial charge in [0.1, 0.15) is 0 Å². The number of fused-ring (bicyclic) bond motifs is 5. The Labute approximate surface area is 183 Å². The summed E-state index contributed by atoms with van der Waals surface area (Å²) in [6, 6.07) is 7.18. The Hall–Kier alpha value is -4.61. The number of nitrogens with zero attached hydrogens (tertiary/aromatic N) is 2. The number of aliphatic carboxylic acids is 2. The number of carboxylic acid groups (broad SMARTS) is 3. The first-order chi connectivity index (χ1) is 15.7. The summed E-state index contributed by atoms with van der Waals surface area (Å²) < 4.78 is 12.3. The van der Waals surface area contributed by atoms with Gasteiger partial charge in [0.15, 0.2) is 17.1 Å². The van der Waals surface area contributed by atoms with Crippen LogP contribution in [-0.2, 0) is 9.59 Å². The van der Waals surface area contributed by atoms with Crippen molar-refractivity contribution in [3.05, 3.63) is 46.4 Å². The molecule has 0 unspecified atom stereocenters. The van der Waals surface area contributed by atoms with Gasteiger partial charge in [-0.25, -0.2) is 19.0 Å². The zero-order valence-electron chi connectivity index (χ0n) is 16.9. The highest BCUT2D eigenvalue weighted by atomic mass is 16.5. The Bertz CT molecular complexity index is 1490. The number of benzene rings is 2. The molecule has 12 nitrogen and oxygen atoms in total. The SMILES string of the molecule is O=C(O)CCOc1cc2nc3c4ccc(C(=O)O)cc4[nH]c(=O)n3c2cc1OCCC(=O)O. The molecule has 0 spiro atoms. The number of hydrogen-bond acceptors (Lipinski definition) is 7. The Morgan fingerprint density at radius 3 is 2.18 bits per heavy atom. The van der Waals surface area contributed by atoms with Gasteiger partial charge in [-0.15, -0.1) is 0 Å². The van der Waals surface area contributed by atoms with Crippen LogP contribution in [0.5, 0.6) is 11.5 Å². The monoisotopic (exact) mass is 455 g/mol. The highest BCUT2D eigenvalue weighted by Gasteiger charge is 2.17. The number of rotatable bonds is 9. The first-order valence-corrected chi connectivity index (χ1v) is 9.69. The van der Waals surface area contributed by atoms with Crippen molar-refractivity contribution in [2.75, 3.05) is 13.2 Å². The summed E-state index contributed by atoms with van der Waals surface area (Å²) in [5.74, 6) is -3.00. The van der Waals surface area contributed by atoms with Gasteiger partial charge < -0.3 is 29.8 Å². The number of carboxylic acids is 3. The number of H-pyrrole nitrogens is 1. The normalized spacial score (nSPS) is 11.2. The summed E-state index contributed by atoms with van der Waals surface area (Å²) in [7, 11) is 0. The average Bonchev–Trinajstić information content (AvgIpc) is 3.12. The maximum atomic E-state index is 12.8. The van der Waals surface area contributed by atoms with Crippen molar-refractivity contribution >= 4 is 45.5 Å². The number of ether oxygens (including phenoxy) is 2. The Morgan fingerprint density at radius 1 is 0.939 bits per heavy atom. The summed E-state index contributed by atoms with van der Waals surface area (Å²) in [5.41, 5.74) is 0.663. The fourth-order valence-corrected chi connectivity index (χ4v) is 3.34. The molecule has 4 N–H and O–H groups in total. The van der Waals surface area contributed by atoms with E-state index in [0.717, 1.165) is 0 Å². The molecule has 0 saturated carbocycles. The van der Waals surface area contributed by atoms with E-state index in [2.05, 4.69) is 9.97 Å². The fraction of sp³-hybridized carbons (Fsp3) is 0.190. The molecule has 0 bridgehead atoms. The van der Waals surface area contributed by atoms with Crippen molar-refractivity contribution in [3.8, 4) is 11.5 Å². The van der Waals surface area contributed by atoms with Crippen LogP contribution in [0.3, 0.4) is 0 Å². The van der Waals surface area contributed by atoms with Crippen LogP contribution < -0.4 is 15.2 Å². The van der Waals surface area contributed by atoms with Crippen LogP contribution >= 0.6 is 0 Å². The van der Waals surface area contributed by atoms with Crippen molar-refractivity contribution in [2.24, 2.45) is 0 Å². The molecule has 4 aromatic rings. The van der Waals surface area contributed by atoms with Crippen LogP contribution in [0.25, 0.3) is 27.6 Å². The molecule has 0 aliphatic carbocycles. The van der Waals surface area contributed by atoms with Crippen LogP contribution in [0.15, 0.2) is 35.1 Å². The van der Waals surface area contributed by atoms with E-state index in [1.807, 2.05) is 0 Å². The molecule has 0 saturated heterocycles. The summed E-state index contributed by atoms with van der Waals surface area (Å²) in [6.07, 6.45) is -0.551. The Morgan fingerprint density at radius 2 is 1.58 bits per heavy atom. The molecule has 0 atom stereocenters. The van der Waals surface area contributed by atoms with Crippen LogP contribution in [0.4, 0.5) is 0 Å². The predicted octanol–water partition coefficient (Wildman–Crippen LogP) is 1.73. The second kappa shape index (κ2) is 8.49. The molecule has 0 radical (unpaired) electrons. The molecular weight excluding hydrogens is 438 g/mol. The molecule has 0 aliphatic heterocycles. The van der Waals surface area contributed by atoms with E-state index in [0.29, 0.717) is 21.9 Å². The fourth-order valence-electron chi connectivity index (χ4n) is 3.34. The number of aromatic amines is 1. The highest BCUT2D eigenvalue weighted by molar-refractivity contribution is 6.00. The lowest BCUT2D eigenvalue weighted by Gasteiger charge is -2.12. The lowest BCUT2D eigenvalue weighted by molar-refractivity contribution is -0.138. The van der Waals surface area contributed by atoms with E-state index in [4.69, 9.17) is 19.7 Å². The highest BCUT2D eigenvalue weighted by Crippen LogP contribution is 2.34. The van der Waals surface area contributed by atoms with E-state index in [-0.39, 0.29) is 48.8 Å². The molecule has 0 fully saturated rings. The molecule has 33 heavy (non-hydrogen) atoms. The van der Waals surface area contributed by atoms with Crippen molar-refractivity contribution < 1.29 is 39.2 Å². The number of hydrogen-bond donors (Lipinski definition) is 4. The smallest absolute Gasteiger partial charge is 0.335 e. The molecule has 0 amide bonds. The first kappa shape index (κ1) is 21.6. The quantitative estimate of drug-likeness (QED) is 0.290. The van der Waals surface area contributed by atoms with Crippen molar-refractivity contribution in [2.45, 2.75) is 12.8 Å². The maximum Gasteiger partial charge on any atom is 0.335 e. The van der Waals surface area contributed by atoms with Gasteiger partial charge in [-0.05, 0) is 18.2 Å². The van der Waals surface area contributed by atoms with E-state index in [1.54, 1.807) is 0 Å². The van der Waals surface area contributed by atoms with E-state index in [1.165, 1.54) is 34.7 Å². The zero-order valence-corrected chi connectivity index (χ0v) is 16.9. The number of aromatic nitrogens is 3. The van der Waals surface area contributed by atoms with Crippen LogP contribution in [0.2, 0.25) is 0 Å². The average molecular weight is 455 g/mol. The van der Waals surface area contributed by atoms with Crippen LogP contribution in [0.1, 0.15) is 23.2 Å². The second-order valence-corrected chi connectivity index (χ2v) is 7.04. The lowest BCUT2D eigenvalue weighted by Crippen LogP contribution is -2.16. The molecule has 4 rings (SSSR count). The van der Waals surface area contributed by atoms with Gasteiger partial charge in [0.2, 0.25) is 0 Å². The molecule has 170 valence electrons. The zero-order chi connectivity index (χ0) is 23.7. The van der Waals surface area contributed by atoms with Crippen LogP contribution in [-0.4, -0.2) is 60.8 Å². The number of nitrogens with one attached hydrogen (secondary N) is 1. The summed E-state index contributed by atoms with van der Waals surface area (Å²) in [5, 5.41) is 27.4. The van der Waals surface area contributed by atoms with Crippen molar-refractivity contribution in [1.29, 1.82) is 0 Å². The number of aromatic carboxylic acids is 1. The van der Waals surface area contributed by atoms with E-state index >= 15 is 0 Å². The van der Waals surface area contributed by atoms with Crippen molar-refractivity contribution in [3.63, 3.8) is 0 Å². The number of imidazole rings is 1. The van der Waals surface area contributed by atoms with E-state index in [9.17, 15) is 24.3 Å². The third-order valence-corrected chi connectivity index (χ3v) is 4.82. The first-order valence-electron chi connectivity index (χ1n) is 9.69. The minimum Gasteiger partial charge on any atom is -0.489 e. The molecular formula is C21H17N3O9. The topological polar surface area (TPSA) is 181 Å². The molecule has 2 heterocycles. The third-order valence-electron chi connectivity index (χ3n) is 4.82. The van der Waals surface area contributed by atoms with Crippen LogP contribution in [0, 0.1) is 0 Å². The Balaban J connectivity index is 1.87. The largest absolute Gasteiger partial charge is 0.489 e. The molecule has 2 aromatic heterocycles. The van der Waals surface area contributed by atoms with Gasteiger partial charge in [-0.1, -0.05) is 0 Å². The lowest BCUT2D eigenvalue weighted by atomic mass is 10.1. The predicted molar refractivity (Wildman–Crippen MR) is 113 cm³/mol. The molecule has 12 heteroatoms. The Kier molecular flexibility index (Phi) is 5.56. The maximum absolute atomic E-state index is 12.8. The summed E-state index contributed by atoms with van der Waals surface area (Å²) in [6.45, 7) is -0.338. The van der Waals surface area contributed by atoms with Gasteiger partial charge in [0.25, 0.3) is 0 Å². The van der Waals surface area contributed by atoms with Gasteiger partial charge in [0.05, 0.1) is 48.2 Å². The minimum absolute atomic E-state index is 0.00171. The van der Waals surface area contributed by atoms with E-state index < -0.39 is 23.6 Å². The summed E-state index contributed by atoms with van der Waals surface area (Å²) >= 11 is 0. The molecule has 0 aliphatic rings. The van der Waals surface area contributed by atoms with Gasteiger partial charge in [-0.2, -0.15) is 0 Å². The standard InChI is InChI=1S/C21H17N3O9/c25-17(26)3-5-32-15-8-13-14(9-16(15)33-6-4-18(27)28)24-19(22-13)11-2-1-10(20(29)30)7-12(11)23-21(24)31/h1-2,7-9H,3-6H2,(H,23,31)(H,25,26)(H,27,28)(H,29,30). The van der Waals surface area contributed by atoms with Gasteiger partial charge >= 0.3 is 23.6 Å². The minimum atomic E-state index is -1.14. The van der Waals surface area contributed by atoms with Crippen molar-refractivity contribution in [1.82, 2.24) is 14.4 Å². The third kappa shape index (κ3) is 4.26.